The van der Waals surface area contributed by atoms with Gasteiger partial charge in [-0.2, -0.15) is 0 Å². The Labute approximate surface area is 117 Å². The molecule has 0 aromatic heterocycles. The topological polar surface area (TPSA) is 72.2 Å². The van der Waals surface area contributed by atoms with Crippen molar-refractivity contribution in [3.05, 3.63) is 65.7 Å². The molecule has 102 valence electrons. The first kappa shape index (κ1) is 14.0. The van der Waals surface area contributed by atoms with Crippen molar-refractivity contribution in [1.82, 2.24) is 0 Å². The number of nitrogens with two attached hydrogens (primary N) is 1. The van der Waals surface area contributed by atoms with Crippen LogP contribution in [0.4, 0.5) is 5.69 Å². The fraction of sp³-hybridized carbons (Fsp3) is 0.125. The molecule has 0 fully saturated rings. The van der Waals surface area contributed by atoms with Gasteiger partial charge in [-0.3, -0.25) is 9.59 Å². The smallest absolute Gasteiger partial charge is 0.245 e. The fourth-order valence-electron chi connectivity index (χ4n) is 1.85. The van der Waals surface area contributed by atoms with E-state index < -0.39 is 6.04 Å². The molecule has 0 heterocycles. The van der Waals surface area contributed by atoms with Crippen LogP contribution in [0.2, 0.25) is 0 Å². The summed E-state index contributed by atoms with van der Waals surface area (Å²) in [5, 5.41) is 2.72. The molecule has 0 radical (unpaired) electrons. The van der Waals surface area contributed by atoms with E-state index in [1.165, 1.54) is 6.92 Å². The quantitative estimate of drug-likeness (QED) is 0.837. The summed E-state index contributed by atoms with van der Waals surface area (Å²) in [6.45, 7) is 1.48. The highest BCUT2D eigenvalue weighted by Gasteiger charge is 2.15. The molecule has 1 atom stereocenters. The van der Waals surface area contributed by atoms with Crippen molar-refractivity contribution in [3.63, 3.8) is 0 Å². The Morgan fingerprint density at radius 2 is 1.75 bits per heavy atom. The van der Waals surface area contributed by atoms with Crippen LogP contribution in [0.25, 0.3) is 0 Å². The molecular weight excluding hydrogens is 252 g/mol. The molecule has 0 aliphatic rings. The number of amides is 1. The molecule has 1 amide bonds. The van der Waals surface area contributed by atoms with Crippen molar-refractivity contribution in [2.45, 2.75) is 13.0 Å². The Kier molecular flexibility index (Phi) is 4.27. The third kappa shape index (κ3) is 3.30. The van der Waals surface area contributed by atoms with Gasteiger partial charge in [0.15, 0.2) is 5.78 Å². The number of carbonyl (C=O) groups excluding carboxylic acids is 2. The lowest BCUT2D eigenvalue weighted by atomic mass is 10.1. The highest BCUT2D eigenvalue weighted by molar-refractivity contribution is 5.98. The zero-order chi connectivity index (χ0) is 14.5. The molecule has 0 spiro atoms. The van der Waals surface area contributed by atoms with Gasteiger partial charge in [-0.1, -0.05) is 42.5 Å². The zero-order valence-electron chi connectivity index (χ0n) is 11.2. The van der Waals surface area contributed by atoms with E-state index >= 15 is 0 Å². The summed E-state index contributed by atoms with van der Waals surface area (Å²) in [5.74, 6) is -0.356. The van der Waals surface area contributed by atoms with Crippen molar-refractivity contribution in [2.24, 2.45) is 5.73 Å². The largest absolute Gasteiger partial charge is 0.324 e. The summed E-state index contributed by atoms with van der Waals surface area (Å²) in [7, 11) is 0. The van der Waals surface area contributed by atoms with Crippen molar-refractivity contribution in [2.75, 3.05) is 5.32 Å². The molecule has 0 saturated carbocycles. The van der Waals surface area contributed by atoms with E-state index in [4.69, 9.17) is 5.73 Å². The Balaban J connectivity index is 2.12. The maximum atomic E-state index is 12.1. The van der Waals surface area contributed by atoms with E-state index in [1.54, 1.807) is 36.4 Å². The van der Waals surface area contributed by atoms with Crippen molar-refractivity contribution >= 4 is 17.4 Å². The second kappa shape index (κ2) is 6.12. The minimum absolute atomic E-state index is 0.0477. The normalized spacial score (nSPS) is 11.7. The minimum Gasteiger partial charge on any atom is -0.324 e. The molecular formula is C16H16N2O2. The number of hydrogen-bond acceptors (Lipinski definition) is 3. The Morgan fingerprint density at radius 1 is 1.05 bits per heavy atom. The number of anilines is 1. The fourth-order valence-corrected chi connectivity index (χ4v) is 1.85. The zero-order valence-corrected chi connectivity index (χ0v) is 11.2. The first-order chi connectivity index (χ1) is 9.58. The molecule has 4 heteroatoms. The van der Waals surface area contributed by atoms with Crippen LogP contribution in [-0.4, -0.2) is 11.7 Å². The summed E-state index contributed by atoms with van der Waals surface area (Å²) in [6.07, 6.45) is 0. The van der Waals surface area contributed by atoms with Gasteiger partial charge in [0.2, 0.25) is 5.91 Å². The number of Topliss-reactive ketones (excluding diaryl/α,β-unsaturated/α-hetero) is 1. The summed E-state index contributed by atoms with van der Waals surface area (Å²) in [5.41, 5.74) is 7.76. The molecule has 1 unspecified atom stereocenters. The lowest BCUT2D eigenvalue weighted by molar-refractivity contribution is -0.117. The van der Waals surface area contributed by atoms with Crippen LogP contribution in [0.1, 0.15) is 28.9 Å². The van der Waals surface area contributed by atoms with Crippen LogP contribution >= 0.6 is 0 Å². The number of nitrogens with one attached hydrogen (secondary N) is 1. The van der Waals surface area contributed by atoms with Crippen LogP contribution in [-0.2, 0) is 4.79 Å². The van der Waals surface area contributed by atoms with Crippen LogP contribution in [0.5, 0.6) is 0 Å². The van der Waals surface area contributed by atoms with E-state index in [-0.39, 0.29) is 11.7 Å². The average molecular weight is 268 g/mol. The van der Waals surface area contributed by atoms with E-state index in [9.17, 15) is 9.59 Å². The van der Waals surface area contributed by atoms with Gasteiger partial charge in [-0.05, 0) is 24.6 Å². The number of benzene rings is 2. The highest BCUT2D eigenvalue weighted by Crippen LogP contribution is 2.15. The lowest BCUT2D eigenvalue weighted by Gasteiger charge is -2.13. The van der Waals surface area contributed by atoms with Gasteiger partial charge in [-0.25, -0.2) is 0 Å². The molecule has 0 aliphatic heterocycles. The molecule has 0 bridgehead atoms. The summed E-state index contributed by atoms with van der Waals surface area (Å²) in [6, 6.07) is 15.2. The predicted octanol–water partition coefficient (Wildman–Crippen LogP) is 2.53. The van der Waals surface area contributed by atoms with Gasteiger partial charge < -0.3 is 11.1 Å². The van der Waals surface area contributed by atoms with Crippen LogP contribution < -0.4 is 11.1 Å². The van der Waals surface area contributed by atoms with Crippen LogP contribution in [0.3, 0.4) is 0 Å². The minimum atomic E-state index is -0.739. The lowest BCUT2D eigenvalue weighted by Crippen LogP contribution is -2.27. The Hall–Kier alpha value is -2.46. The third-order valence-corrected chi connectivity index (χ3v) is 2.98. The number of carbonyl (C=O) groups is 2. The van der Waals surface area contributed by atoms with Gasteiger partial charge in [-0.15, -0.1) is 0 Å². The van der Waals surface area contributed by atoms with Gasteiger partial charge >= 0.3 is 0 Å². The maximum Gasteiger partial charge on any atom is 0.245 e. The van der Waals surface area contributed by atoms with Gasteiger partial charge in [0.1, 0.15) is 6.04 Å². The summed E-state index contributed by atoms with van der Waals surface area (Å²) in [4.78, 5) is 23.4. The Bertz CT molecular complexity index is 623. The molecule has 0 saturated heterocycles. The molecule has 4 nitrogen and oxygen atoms in total. The summed E-state index contributed by atoms with van der Waals surface area (Å²) < 4.78 is 0. The van der Waals surface area contributed by atoms with Crippen LogP contribution in [0, 0.1) is 0 Å². The first-order valence-corrected chi connectivity index (χ1v) is 6.30. The first-order valence-electron chi connectivity index (χ1n) is 6.30. The monoisotopic (exact) mass is 268 g/mol. The number of rotatable bonds is 4. The van der Waals surface area contributed by atoms with E-state index in [0.717, 1.165) is 5.56 Å². The molecule has 2 aromatic rings. The number of ketones is 1. The summed E-state index contributed by atoms with van der Waals surface area (Å²) >= 11 is 0. The van der Waals surface area contributed by atoms with Crippen molar-refractivity contribution in [1.29, 1.82) is 0 Å². The molecule has 3 N–H and O–H groups in total. The Morgan fingerprint density at radius 3 is 2.40 bits per heavy atom. The van der Waals surface area contributed by atoms with E-state index in [1.807, 2.05) is 18.2 Å². The molecule has 2 rings (SSSR count). The van der Waals surface area contributed by atoms with E-state index in [0.29, 0.717) is 11.3 Å². The second-order valence-electron chi connectivity index (χ2n) is 4.51. The molecule has 2 aromatic carbocycles. The highest BCUT2D eigenvalue weighted by atomic mass is 16.2. The van der Waals surface area contributed by atoms with Crippen molar-refractivity contribution in [3.8, 4) is 0 Å². The molecule has 0 aliphatic carbocycles. The number of hydrogen-bond donors (Lipinski definition) is 2. The van der Waals surface area contributed by atoms with Crippen molar-refractivity contribution < 1.29 is 9.59 Å². The third-order valence-electron chi connectivity index (χ3n) is 2.98. The van der Waals surface area contributed by atoms with Gasteiger partial charge in [0.25, 0.3) is 0 Å². The average Bonchev–Trinajstić information content (AvgIpc) is 2.47. The van der Waals surface area contributed by atoms with Gasteiger partial charge in [0, 0.05) is 11.3 Å². The standard InChI is InChI=1S/C16H16N2O2/c1-11(19)13-8-5-9-14(10-13)18-16(20)15(17)12-6-3-2-4-7-12/h2-10,15H,17H2,1H3,(H,18,20). The maximum absolute atomic E-state index is 12.1. The van der Waals surface area contributed by atoms with Crippen LogP contribution in [0.15, 0.2) is 54.6 Å². The molecule has 20 heavy (non-hydrogen) atoms. The van der Waals surface area contributed by atoms with Gasteiger partial charge in [0.05, 0.1) is 0 Å². The SMILES string of the molecule is CC(=O)c1cccc(NC(=O)C(N)c2ccccc2)c1. The second-order valence-corrected chi connectivity index (χ2v) is 4.51. The predicted molar refractivity (Wildman–Crippen MR) is 78.4 cm³/mol. The van der Waals surface area contributed by atoms with E-state index in [2.05, 4.69) is 5.32 Å².